The first-order chi connectivity index (χ1) is 12.4. The van der Waals surface area contributed by atoms with Gasteiger partial charge >= 0.3 is 0 Å². The Morgan fingerprint density at radius 3 is 2.69 bits per heavy atom. The van der Waals surface area contributed by atoms with Crippen LogP contribution in [0.5, 0.6) is 0 Å². The van der Waals surface area contributed by atoms with Gasteiger partial charge in [0.15, 0.2) is 5.82 Å². The van der Waals surface area contributed by atoms with E-state index in [0.29, 0.717) is 11.3 Å². The molecule has 0 saturated carbocycles. The molecule has 6 nitrogen and oxygen atoms in total. The summed E-state index contributed by atoms with van der Waals surface area (Å²) in [6, 6.07) is 9.43. The molecule has 0 aliphatic rings. The Kier molecular flexibility index (Phi) is 5.38. The molecular formula is C16H12ClF2N5OS. The third-order valence-corrected chi connectivity index (χ3v) is 4.54. The molecule has 1 amide bonds. The number of hydrogen-bond acceptors (Lipinski definition) is 5. The second-order valence-corrected chi connectivity index (χ2v) is 6.50. The number of hydrogen-bond donors (Lipinski definition) is 2. The van der Waals surface area contributed by atoms with E-state index in [1.54, 1.807) is 6.07 Å². The Hall–Kier alpha value is -2.65. The normalized spacial score (nSPS) is 10.7. The molecular weight excluding hydrogens is 384 g/mol. The van der Waals surface area contributed by atoms with Gasteiger partial charge in [-0.05, 0) is 30.3 Å². The minimum Gasteiger partial charge on any atom is -0.335 e. The van der Waals surface area contributed by atoms with Gasteiger partial charge in [0.05, 0.1) is 16.5 Å². The number of carbonyl (C=O) groups excluding carboxylic acids is 1. The predicted molar refractivity (Wildman–Crippen MR) is 96.3 cm³/mol. The standard InChI is InChI=1S/C16H12ClF2N5OS/c17-12-7-11(19)4-5-13(12)21-14(25)8-26-16-23-22-15(24(16)20)9-2-1-3-10(18)6-9/h1-7H,8,20H2,(H,21,25). The van der Waals surface area contributed by atoms with Crippen LogP contribution >= 0.6 is 23.4 Å². The van der Waals surface area contributed by atoms with Crippen LogP contribution in [0.1, 0.15) is 0 Å². The highest BCUT2D eigenvalue weighted by atomic mass is 35.5. The van der Waals surface area contributed by atoms with Crippen LogP contribution in [-0.4, -0.2) is 26.5 Å². The first-order valence-corrected chi connectivity index (χ1v) is 8.64. The minimum atomic E-state index is -0.497. The van der Waals surface area contributed by atoms with E-state index in [1.165, 1.54) is 35.0 Å². The molecule has 26 heavy (non-hydrogen) atoms. The van der Waals surface area contributed by atoms with Crippen molar-refractivity contribution in [2.45, 2.75) is 5.16 Å². The Balaban J connectivity index is 1.66. The average Bonchev–Trinajstić information content (AvgIpc) is 2.96. The topological polar surface area (TPSA) is 85.8 Å². The molecule has 0 radical (unpaired) electrons. The summed E-state index contributed by atoms with van der Waals surface area (Å²) in [6.45, 7) is 0. The van der Waals surface area contributed by atoms with Crippen LogP contribution in [0, 0.1) is 11.6 Å². The number of nitrogens with zero attached hydrogens (tertiary/aromatic N) is 3. The first kappa shape index (κ1) is 18.2. The van der Waals surface area contributed by atoms with Gasteiger partial charge in [0.2, 0.25) is 11.1 Å². The minimum absolute atomic E-state index is 0.0216. The van der Waals surface area contributed by atoms with Crippen LogP contribution < -0.4 is 11.2 Å². The molecule has 1 heterocycles. The quantitative estimate of drug-likeness (QED) is 0.511. The monoisotopic (exact) mass is 395 g/mol. The van der Waals surface area contributed by atoms with Crippen molar-refractivity contribution in [3.8, 4) is 11.4 Å². The smallest absolute Gasteiger partial charge is 0.234 e. The molecule has 134 valence electrons. The van der Waals surface area contributed by atoms with Crippen LogP contribution in [0.25, 0.3) is 11.4 Å². The second-order valence-electron chi connectivity index (χ2n) is 5.15. The molecule has 0 saturated heterocycles. The van der Waals surface area contributed by atoms with Crippen molar-refractivity contribution < 1.29 is 13.6 Å². The van der Waals surface area contributed by atoms with E-state index >= 15 is 0 Å². The number of nitrogens with one attached hydrogen (secondary N) is 1. The maximum absolute atomic E-state index is 13.3. The third kappa shape index (κ3) is 4.12. The first-order valence-electron chi connectivity index (χ1n) is 7.28. The summed E-state index contributed by atoms with van der Waals surface area (Å²) in [6.07, 6.45) is 0. The van der Waals surface area contributed by atoms with Gasteiger partial charge in [0.1, 0.15) is 11.6 Å². The fourth-order valence-corrected chi connectivity index (χ4v) is 2.98. The fourth-order valence-electron chi connectivity index (χ4n) is 2.11. The molecule has 2 aromatic carbocycles. The summed E-state index contributed by atoms with van der Waals surface area (Å²) in [7, 11) is 0. The van der Waals surface area contributed by atoms with Crippen molar-refractivity contribution >= 4 is 35.0 Å². The van der Waals surface area contributed by atoms with Crippen LogP contribution in [0.4, 0.5) is 14.5 Å². The zero-order chi connectivity index (χ0) is 18.7. The highest BCUT2D eigenvalue weighted by molar-refractivity contribution is 7.99. The van der Waals surface area contributed by atoms with Gasteiger partial charge in [-0.3, -0.25) is 4.79 Å². The molecule has 0 unspecified atom stereocenters. The van der Waals surface area contributed by atoms with Gasteiger partial charge in [-0.2, -0.15) is 0 Å². The maximum Gasteiger partial charge on any atom is 0.234 e. The van der Waals surface area contributed by atoms with Gasteiger partial charge in [-0.1, -0.05) is 35.5 Å². The lowest BCUT2D eigenvalue weighted by molar-refractivity contribution is -0.113. The molecule has 10 heteroatoms. The molecule has 0 aliphatic carbocycles. The summed E-state index contributed by atoms with van der Waals surface area (Å²) in [5.41, 5.74) is 0.766. The number of rotatable bonds is 5. The Labute approximate surface area is 156 Å². The zero-order valence-corrected chi connectivity index (χ0v) is 14.7. The van der Waals surface area contributed by atoms with E-state index in [0.717, 1.165) is 17.8 Å². The number of nitrogen functional groups attached to an aromatic ring is 1. The van der Waals surface area contributed by atoms with E-state index < -0.39 is 11.6 Å². The number of benzene rings is 2. The van der Waals surface area contributed by atoms with Gasteiger partial charge in [0, 0.05) is 5.56 Å². The van der Waals surface area contributed by atoms with Crippen molar-refractivity contribution in [2.75, 3.05) is 16.9 Å². The van der Waals surface area contributed by atoms with Crippen molar-refractivity contribution in [3.63, 3.8) is 0 Å². The Morgan fingerprint density at radius 1 is 1.19 bits per heavy atom. The number of amides is 1. The van der Waals surface area contributed by atoms with Crippen molar-refractivity contribution in [2.24, 2.45) is 0 Å². The maximum atomic E-state index is 13.3. The number of anilines is 1. The summed E-state index contributed by atoms with van der Waals surface area (Å²) in [5.74, 6) is 4.88. The molecule has 0 bridgehead atoms. The molecule has 3 aromatic rings. The van der Waals surface area contributed by atoms with Gasteiger partial charge in [-0.25, -0.2) is 13.5 Å². The van der Waals surface area contributed by atoms with E-state index in [2.05, 4.69) is 15.5 Å². The van der Waals surface area contributed by atoms with Gasteiger partial charge in [0.25, 0.3) is 0 Å². The SMILES string of the molecule is Nn1c(SCC(=O)Nc2ccc(F)cc2Cl)nnc1-c1cccc(F)c1. The third-order valence-electron chi connectivity index (χ3n) is 3.28. The van der Waals surface area contributed by atoms with E-state index in [4.69, 9.17) is 17.4 Å². The number of halogens is 3. The van der Waals surface area contributed by atoms with E-state index in [9.17, 15) is 13.6 Å². The largest absolute Gasteiger partial charge is 0.335 e. The second kappa shape index (κ2) is 7.71. The summed E-state index contributed by atoms with van der Waals surface area (Å²) >= 11 is 6.91. The molecule has 0 atom stereocenters. The van der Waals surface area contributed by atoms with Crippen molar-refractivity contribution in [3.05, 3.63) is 59.1 Å². The molecule has 0 aliphatic heterocycles. The van der Waals surface area contributed by atoms with E-state index in [-0.39, 0.29) is 27.7 Å². The molecule has 3 rings (SSSR count). The zero-order valence-electron chi connectivity index (χ0n) is 13.1. The summed E-state index contributed by atoms with van der Waals surface area (Å²) in [4.78, 5) is 12.0. The molecule has 3 N–H and O–H groups in total. The Morgan fingerprint density at radius 2 is 1.96 bits per heavy atom. The Bertz CT molecular complexity index is 966. The van der Waals surface area contributed by atoms with Crippen LogP contribution in [0.15, 0.2) is 47.6 Å². The predicted octanol–water partition coefficient (Wildman–Crippen LogP) is 3.32. The summed E-state index contributed by atoms with van der Waals surface area (Å²) < 4.78 is 27.5. The highest BCUT2D eigenvalue weighted by Gasteiger charge is 2.15. The molecule has 0 fully saturated rings. The lowest BCUT2D eigenvalue weighted by Crippen LogP contribution is -2.16. The van der Waals surface area contributed by atoms with Crippen molar-refractivity contribution in [1.29, 1.82) is 0 Å². The lowest BCUT2D eigenvalue weighted by Gasteiger charge is -2.07. The highest BCUT2D eigenvalue weighted by Crippen LogP contribution is 2.24. The lowest BCUT2D eigenvalue weighted by atomic mass is 10.2. The van der Waals surface area contributed by atoms with Gasteiger partial charge in [-0.15, -0.1) is 10.2 Å². The van der Waals surface area contributed by atoms with Gasteiger partial charge < -0.3 is 11.2 Å². The molecule has 1 aromatic heterocycles. The summed E-state index contributed by atoms with van der Waals surface area (Å²) in [5, 5.41) is 10.8. The van der Waals surface area contributed by atoms with Crippen LogP contribution in [0.2, 0.25) is 5.02 Å². The number of carbonyl (C=O) groups is 1. The number of aromatic nitrogens is 3. The average molecular weight is 396 g/mol. The number of thioether (sulfide) groups is 1. The van der Waals surface area contributed by atoms with E-state index in [1.807, 2.05) is 0 Å². The molecule has 0 spiro atoms. The van der Waals surface area contributed by atoms with Crippen LogP contribution in [0.3, 0.4) is 0 Å². The van der Waals surface area contributed by atoms with Crippen molar-refractivity contribution in [1.82, 2.24) is 14.9 Å². The van der Waals surface area contributed by atoms with Crippen LogP contribution in [-0.2, 0) is 4.79 Å². The number of nitrogens with two attached hydrogens (primary N) is 1. The fraction of sp³-hybridized carbons (Fsp3) is 0.0625.